The highest BCUT2D eigenvalue weighted by molar-refractivity contribution is 5.91. The second kappa shape index (κ2) is 5.83. The second-order valence-electron chi connectivity index (χ2n) is 6.84. The number of carbonyl (C=O) groups excluding carboxylic acids is 1. The van der Waals surface area contributed by atoms with E-state index in [1.165, 1.54) is 0 Å². The third kappa shape index (κ3) is 2.97. The van der Waals surface area contributed by atoms with Crippen molar-refractivity contribution in [3.8, 4) is 0 Å². The topological polar surface area (TPSA) is 54.0 Å². The molecule has 5 heteroatoms. The van der Waals surface area contributed by atoms with Gasteiger partial charge in [0.25, 0.3) is 0 Å². The van der Waals surface area contributed by atoms with Gasteiger partial charge < -0.3 is 9.47 Å². The average molecular weight is 318 g/mol. The molecule has 124 valence electrons. The second-order valence-corrected chi connectivity index (χ2v) is 6.84. The Morgan fingerprint density at radius 2 is 2.00 bits per heavy atom. The monoisotopic (exact) mass is 318 g/mol. The highest BCUT2D eigenvalue weighted by Crippen LogP contribution is 2.47. The zero-order valence-electron chi connectivity index (χ0n) is 13.9. The van der Waals surface area contributed by atoms with Crippen molar-refractivity contribution in [3.63, 3.8) is 0 Å². The van der Waals surface area contributed by atoms with E-state index < -0.39 is 23.6 Å². The molecule has 1 aliphatic carbocycles. The summed E-state index contributed by atoms with van der Waals surface area (Å²) >= 11 is 0. The normalized spacial score (nSPS) is 30.0. The SMILES string of the molecule is CO[C@@]12C=CC(=O)C[C@@H]1O[C@@H](OOC(C)(C)C)c1ccccc12. The van der Waals surface area contributed by atoms with Crippen molar-refractivity contribution < 1.29 is 24.0 Å². The summed E-state index contributed by atoms with van der Waals surface area (Å²) < 4.78 is 11.8. The van der Waals surface area contributed by atoms with Gasteiger partial charge in [-0.15, -0.1) is 0 Å². The molecule has 0 amide bonds. The van der Waals surface area contributed by atoms with E-state index in [2.05, 4.69) is 0 Å². The van der Waals surface area contributed by atoms with Crippen LogP contribution < -0.4 is 0 Å². The van der Waals surface area contributed by atoms with E-state index in [4.69, 9.17) is 19.2 Å². The van der Waals surface area contributed by atoms with Gasteiger partial charge in [0.2, 0.25) is 6.29 Å². The lowest BCUT2D eigenvalue weighted by Gasteiger charge is -2.45. The summed E-state index contributed by atoms with van der Waals surface area (Å²) in [6, 6.07) is 7.75. The Morgan fingerprint density at radius 3 is 2.70 bits per heavy atom. The Hall–Kier alpha value is -1.53. The summed E-state index contributed by atoms with van der Waals surface area (Å²) in [6.45, 7) is 5.69. The molecule has 1 aromatic rings. The Kier molecular flexibility index (Phi) is 4.14. The largest absolute Gasteiger partial charge is 0.367 e. The lowest BCUT2D eigenvalue weighted by molar-refractivity contribution is -0.433. The highest BCUT2D eigenvalue weighted by atomic mass is 17.2. The van der Waals surface area contributed by atoms with Crippen LogP contribution in [0.1, 0.15) is 44.6 Å². The number of ether oxygens (including phenoxy) is 2. The van der Waals surface area contributed by atoms with Crippen molar-refractivity contribution in [3.05, 3.63) is 47.5 Å². The minimum absolute atomic E-state index is 0.0116. The molecule has 1 aliphatic heterocycles. The van der Waals surface area contributed by atoms with Gasteiger partial charge in [-0.1, -0.05) is 24.3 Å². The number of rotatable bonds is 3. The zero-order valence-corrected chi connectivity index (χ0v) is 13.9. The fourth-order valence-electron chi connectivity index (χ4n) is 2.99. The van der Waals surface area contributed by atoms with Crippen molar-refractivity contribution in [2.45, 2.75) is 50.8 Å². The van der Waals surface area contributed by atoms with Crippen molar-refractivity contribution in [2.75, 3.05) is 7.11 Å². The highest BCUT2D eigenvalue weighted by Gasteiger charge is 2.50. The Balaban J connectivity index is 2.01. The van der Waals surface area contributed by atoms with E-state index in [1.807, 2.05) is 45.0 Å². The third-order valence-electron chi connectivity index (χ3n) is 4.03. The number of fused-ring (bicyclic) bond motifs is 3. The first-order chi connectivity index (χ1) is 10.9. The maximum absolute atomic E-state index is 11.8. The van der Waals surface area contributed by atoms with E-state index in [-0.39, 0.29) is 12.2 Å². The summed E-state index contributed by atoms with van der Waals surface area (Å²) in [5, 5.41) is 0. The van der Waals surface area contributed by atoms with Crippen LogP contribution in [-0.4, -0.2) is 24.6 Å². The Morgan fingerprint density at radius 1 is 1.26 bits per heavy atom. The molecule has 3 rings (SSSR count). The van der Waals surface area contributed by atoms with E-state index in [1.54, 1.807) is 19.3 Å². The lowest BCUT2D eigenvalue weighted by atomic mass is 9.77. The molecule has 0 spiro atoms. The molecule has 5 nitrogen and oxygen atoms in total. The predicted octanol–water partition coefficient (Wildman–Crippen LogP) is 3.20. The van der Waals surface area contributed by atoms with Gasteiger partial charge in [0.15, 0.2) is 5.78 Å². The molecular weight excluding hydrogens is 296 g/mol. The van der Waals surface area contributed by atoms with Gasteiger partial charge in [0.05, 0.1) is 5.60 Å². The fraction of sp³-hybridized carbons (Fsp3) is 0.500. The number of benzene rings is 1. The predicted molar refractivity (Wildman–Crippen MR) is 83.4 cm³/mol. The maximum atomic E-state index is 11.8. The van der Waals surface area contributed by atoms with Gasteiger partial charge in [-0.2, -0.15) is 4.89 Å². The van der Waals surface area contributed by atoms with Crippen LogP contribution in [0, 0.1) is 0 Å². The third-order valence-corrected chi connectivity index (χ3v) is 4.03. The molecule has 0 bridgehead atoms. The van der Waals surface area contributed by atoms with Gasteiger partial charge >= 0.3 is 0 Å². The molecule has 0 aromatic heterocycles. The van der Waals surface area contributed by atoms with Gasteiger partial charge in [0.1, 0.15) is 11.7 Å². The first kappa shape index (κ1) is 16.3. The summed E-state index contributed by atoms with van der Waals surface area (Å²) in [5.41, 5.74) is 0.543. The van der Waals surface area contributed by atoms with Gasteiger partial charge in [0, 0.05) is 19.1 Å². The van der Waals surface area contributed by atoms with Crippen molar-refractivity contribution >= 4 is 5.78 Å². The van der Waals surface area contributed by atoms with E-state index in [0.717, 1.165) is 11.1 Å². The molecule has 2 aliphatic rings. The van der Waals surface area contributed by atoms with Crippen LogP contribution in [0.15, 0.2) is 36.4 Å². The van der Waals surface area contributed by atoms with Gasteiger partial charge in [-0.3, -0.25) is 4.79 Å². The molecule has 0 fully saturated rings. The number of ketones is 1. The molecule has 0 radical (unpaired) electrons. The Labute approximate surface area is 136 Å². The first-order valence-electron chi connectivity index (χ1n) is 7.72. The number of hydrogen-bond donors (Lipinski definition) is 0. The zero-order chi connectivity index (χ0) is 16.7. The smallest absolute Gasteiger partial charge is 0.218 e. The average Bonchev–Trinajstić information content (AvgIpc) is 2.52. The molecule has 0 saturated carbocycles. The minimum atomic E-state index is -0.772. The van der Waals surface area contributed by atoms with Crippen LogP contribution in [0.3, 0.4) is 0 Å². The molecule has 1 aromatic carbocycles. The summed E-state index contributed by atoms with van der Waals surface area (Å²) in [6.07, 6.45) is 2.44. The first-order valence-corrected chi connectivity index (χ1v) is 7.72. The Bertz CT molecular complexity index is 631. The van der Waals surface area contributed by atoms with Crippen LogP contribution >= 0.6 is 0 Å². The lowest BCUT2D eigenvalue weighted by Crippen LogP contribution is -2.49. The number of allylic oxidation sites excluding steroid dienone is 1. The molecular formula is C18H22O5. The van der Waals surface area contributed by atoms with Crippen LogP contribution in [-0.2, 0) is 29.6 Å². The van der Waals surface area contributed by atoms with Gasteiger partial charge in [-0.05, 0) is 38.5 Å². The fourth-order valence-corrected chi connectivity index (χ4v) is 2.99. The summed E-state index contributed by atoms with van der Waals surface area (Å²) in [5.74, 6) is 0.0116. The number of carbonyl (C=O) groups is 1. The van der Waals surface area contributed by atoms with E-state index in [0.29, 0.717) is 0 Å². The minimum Gasteiger partial charge on any atom is -0.367 e. The van der Waals surface area contributed by atoms with Crippen molar-refractivity contribution in [2.24, 2.45) is 0 Å². The quantitative estimate of drug-likeness (QED) is 0.633. The van der Waals surface area contributed by atoms with Crippen LogP contribution in [0.2, 0.25) is 0 Å². The van der Waals surface area contributed by atoms with Crippen LogP contribution in [0.4, 0.5) is 0 Å². The van der Waals surface area contributed by atoms with Crippen LogP contribution in [0.25, 0.3) is 0 Å². The van der Waals surface area contributed by atoms with Crippen molar-refractivity contribution in [1.29, 1.82) is 0 Å². The maximum Gasteiger partial charge on any atom is 0.218 e. The van der Waals surface area contributed by atoms with E-state index in [9.17, 15) is 4.79 Å². The molecule has 3 atom stereocenters. The molecule has 0 saturated heterocycles. The molecule has 1 heterocycles. The number of hydrogen-bond acceptors (Lipinski definition) is 5. The van der Waals surface area contributed by atoms with Crippen molar-refractivity contribution in [1.82, 2.24) is 0 Å². The van der Waals surface area contributed by atoms with E-state index >= 15 is 0 Å². The summed E-state index contributed by atoms with van der Waals surface area (Å²) in [7, 11) is 1.63. The van der Waals surface area contributed by atoms with Crippen LogP contribution in [0.5, 0.6) is 0 Å². The summed E-state index contributed by atoms with van der Waals surface area (Å²) in [4.78, 5) is 22.8. The molecule has 23 heavy (non-hydrogen) atoms. The number of methoxy groups -OCH3 is 1. The molecule has 0 unspecified atom stereocenters. The molecule has 0 N–H and O–H groups in total. The standard InChI is InChI=1S/C18H22O5/c1-17(2,3)23-22-16-13-7-5-6-8-14(13)18(20-4)10-9-12(19)11-15(18)21-16/h5-10,15-16H,11H2,1-4H3/t15-,16-,18+/m0/s1. The van der Waals surface area contributed by atoms with Gasteiger partial charge in [-0.25, -0.2) is 4.89 Å².